The quantitative estimate of drug-likeness (QED) is 0.795. The number of hydrogen-bond donors (Lipinski definition) is 0. The SMILES string of the molecule is CCN(C(=O)CSc1nncn1C)c1ccccc1.Cl. The lowest BCUT2D eigenvalue weighted by Gasteiger charge is -2.20. The summed E-state index contributed by atoms with van der Waals surface area (Å²) in [6, 6.07) is 9.68. The molecule has 0 atom stereocenters. The fourth-order valence-corrected chi connectivity index (χ4v) is 2.48. The molecular weight excluding hydrogens is 296 g/mol. The van der Waals surface area contributed by atoms with Gasteiger partial charge in [-0.15, -0.1) is 22.6 Å². The van der Waals surface area contributed by atoms with Crippen molar-refractivity contribution >= 4 is 35.8 Å². The van der Waals surface area contributed by atoms with Crippen LogP contribution >= 0.6 is 24.2 Å². The van der Waals surface area contributed by atoms with Gasteiger partial charge in [-0.05, 0) is 19.1 Å². The third-order valence-corrected chi connectivity index (χ3v) is 3.70. The van der Waals surface area contributed by atoms with Crippen molar-refractivity contribution in [2.75, 3.05) is 17.2 Å². The molecule has 0 aliphatic rings. The Kier molecular flexibility index (Phi) is 6.54. The van der Waals surface area contributed by atoms with Crippen LogP contribution in [0.1, 0.15) is 6.92 Å². The number of carbonyl (C=O) groups is 1. The number of anilines is 1. The summed E-state index contributed by atoms with van der Waals surface area (Å²) in [5, 5.41) is 8.49. The van der Waals surface area contributed by atoms with Crippen LogP contribution < -0.4 is 4.90 Å². The van der Waals surface area contributed by atoms with Crippen molar-refractivity contribution in [2.45, 2.75) is 12.1 Å². The van der Waals surface area contributed by atoms with Crippen LogP contribution in [0.15, 0.2) is 41.8 Å². The minimum atomic E-state index is 0. The molecule has 0 N–H and O–H groups in total. The molecule has 1 aromatic carbocycles. The van der Waals surface area contributed by atoms with E-state index in [1.54, 1.807) is 15.8 Å². The van der Waals surface area contributed by atoms with Crippen molar-refractivity contribution in [3.63, 3.8) is 0 Å². The van der Waals surface area contributed by atoms with Crippen LogP contribution in [0.2, 0.25) is 0 Å². The highest BCUT2D eigenvalue weighted by atomic mass is 35.5. The Morgan fingerprint density at radius 3 is 2.60 bits per heavy atom. The predicted molar refractivity (Wildman–Crippen MR) is 83.4 cm³/mol. The Labute approximate surface area is 128 Å². The first-order valence-electron chi connectivity index (χ1n) is 6.04. The Balaban J connectivity index is 0.00000200. The molecule has 1 aromatic heterocycles. The van der Waals surface area contributed by atoms with Crippen LogP contribution in [-0.2, 0) is 11.8 Å². The van der Waals surface area contributed by atoms with E-state index < -0.39 is 0 Å². The average Bonchev–Trinajstić information content (AvgIpc) is 2.84. The largest absolute Gasteiger partial charge is 0.312 e. The molecule has 7 heteroatoms. The topological polar surface area (TPSA) is 51.0 Å². The highest BCUT2D eigenvalue weighted by molar-refractivity contribution is 7.99. The third kappa shape index (κ3) is 3.98. The summed E-state index contributed by atoms with van der Waals surface area (Å²) in [5.41, 5.74) is 0.925. The minimum Gasteiger partial charge on any atom is -0.312 e. The highest BCUT2D eigenvalue weighted by Gasteiger charge is 2.15. The van der Waals surface area contributed by atoms with E-state index >= 15 is 0 Å². The zero-order valence-electron chi connectivity index (χ0n) is 11.4. The zero-order chi connectivity index (χ0) is 13.7. The molecule has 0 aliphatic carbocycles. The molecule has 108 valence electrons. The first kappa shape index (κ1) is 16.5. The molecule has 0 spiro atoms. The normalized spacial score (nSPS) is 9.90. The Bertz CT molecular complexity index is 546. The number of benzene rings is 1. The number of aromatic nitrogens is 3. The fraction of sp³-hybridized carbons (Fsp3) is 0.308. The third-order valence-electron chi connectivity index (χ3n) is 2.68. The first-order valence-corrected chi connectivity index (χ1v) is 7.03. The molecular formula is C13H17ClN4OS. The van der Waals surface area contributed by atoms with Gasteiger partial charge in [0, 0.05) is 19.3 Å². The van der Waals surface area contributed by atoms with E-state index in [-0.39, 0.29) is 18.3 Å². The molecule has 0 saturated carbocycles. The van der Waals surface area contributed by atoms with Crippen LogP contribution in [-0.4, -0.2) is 33.0 Å². The van der Waals surface area contributed by atoms with E-state index in [9.17, 15) is 4.79 Å². The van der Waals surface area contributed by atoms with Crippen LogP contribution in [0.4, 0.5) is 5.69 Å². The van der Waals surface area contributed by atoms with Gasteiger partial charge in [0.15, 0.2) is 5.16 Å². The van der Waals surface area contributed by atoms with Gasteiger partial charge in [-0.25, -0.2) is 0 Å². The monoisotopic (exact) mass is 312 g/mol. The number of thioether (sulfide) groups is 1. The van der Waals surface area contributed by atoms with E-state index in [0.29, 0.717) is 12.3 Å². The molecule has 20 heavy (non-hydrogen) atoms. The van der Waals surface area contributed by atoms with Crippen molar-refractivity contribution in [2.24, 2.45) is 7.05 Å². The maximum absolute atomic E-state index is 12.2. The molecule has 0 bridgehead atoms. The molecule has 1 amide bonds. The molecule has 0 radical (unpaired) electrons. The number of nitrogens with zero attached hydrogens (tertiary/aromatic N) is 4. The van der Waals surface area contributed by atoms with Gasteiger partial charge < -0.3 is 9.47 Å². The zero-order valence-corrected chi connectivity index (χ0v) is 13.0. The molecule has 5 nitrogen and oxygen atoms in total. The summed E-state index contributed by atoms with van der Waals surface area (Å²) >= 11 is 1.40. The van der Waals surface area contributed by atoms with Crippen LogP contribution in [0, 0.1) is 0 Å². The van der Waals surface area contributed by atoms with Gasteiger partial charge >= 0.3 is 0 Å². The molecule has 0 saturated heterocycles. The van der Waals surface area contributed by atoms with E-state index in [1.807, 2.05) is 44.3 Å². The van der Waals surface area contributed by atoms with E-state index in [0.717, 1.165) is 10.8 Å². The standard InChI is InChI=1S/C13H16N4OS.ClH/c1-3-17(11-7-5-4-6-8-11)12(18)9-19-13-15-14-10-16(13)2;/h4-8,10H,3,9H2,1-2H3;1H. The van der Waals surface area contributed by atoms with Gasteiger partial charge in [-0.2, -0.15) is 0 Å². The predicted octanol–water partition coefficient (Wildman–Crippen LogP) is 2.38. The number of hydrogen-bond acceptors (Lipinski definition) is 4. The second-order valence-corrected chi connectivity index (χ2v) is 4.93. The number of para-hydroxylation sites is 1. The van der Waals surface area contributed by atoms with Crippen molar-refractivity contribution in [3.05, 3.63) is 36.7 Å². The minimum absolute atomic E-state index is 0. The van der Waals surface area contributed by atoms with E-state index in [4.69, 9.17) is 0 Å². The van der Waals surface area contributed by atoms with Crippen molar-refractivity contribution in [3.8, 4) is 0 Å². The molecule has 0 fully saturated rings. The number of rotatable bonds is 5. The number of halogens is 1. The maximum Gasteiger partial charge on any atom is 0.237 e. The van der Waals surface area contributed by atoms with E-state index in [1.165, 1.54) is 11.8 Å². The van der Waals surface area contributed by atoms with E-state index in [2.05, 4.69) is 10.2 Å². The summed E-state index contributed by atoms with van der Waals surface area (Å²) in [4.78, 5) is 14.0. The van der Waals surface area contributed by atoms with Gasteiger partial charge in [0.25, 0.3) is 0 Å². The van der Waals surface area contributed by atoms with Crippen molar-refractivity contribution < 1.29 is 4.79 Å². The summed E-state index contributed by atoms with van der Waals surface area (Å²) in [5.74, 6) is 0.427. The summed E-state index contributed by atoms with van der Waals surface area (Å²) < 4.78 is 1.80. The van der Waals surface area contributed by atoms with Gasteiger partial charge in [0.1, 0.15) is 6.33 Å². The summed E-state index contributed by atoms with van der Waals surface area (Å²) in [6.07, 6.45) is 1.63. The van der Waals surface area contributed by atoms with Crippen molar-refractivity contribution in [1.82, 2.24) is 14.8 Å². The molecule has 0 unspecified atom stereocenters. The van der Waals surface area contributed by atoms with Crippen LogP contribution in [0.3, 0.4) is 0 Å². The second kappa shape index (κ2) is 7.91. The average molecular weight is 313 g/mol. The van der Waals surface area contributed by atoms with Crippen molar-refractivity contribution in [1.29, 1.82) is 0 Å². The van der Waals surface area contributed by atoms with Gasteiger partial charge in [0.05, 0.1) is 5.75 Å². The lowest BCUT2D eigenvalue weighted by molar-refractivity contribution is -0.116. The lowest BCUT2D eigenvalue weighted by Crippen LogP contribution is -2.32. The number of carbonyl (C=O) groups excluding carboxylic acids is 1. The highest BCUT2D eigenvalue weighted by Crippen LogP contribution is 2.18. The number of aryl methyl sites for hydroxylation is 1. The summed E-state index contributed by atoms with van der Waals surface area (Å²) in [6.45, 7) is 2.63. The number of amides is 1. The molecule has 0 aliphatic heterocycles. The van der Waals surface area contributed by atoms with Gasteiger partial charge in [0.2, 0.25) is 5.91 Å². The second-order valence-electron chi connectivity index (χ2n) is 3.99. The Hall–Kier alpha value is -1.53. The molecule has 2 rings (SSSR count). The van der Waals surface area contributed by atoms with Crippen LogP contribution in [0.25, 0.3) is 0 Å². The van der Waals surface area contributed by atoms with Crippen LogP contribution in [0.5, 0.6) is 0 Å². The Morgan fingerprint density at radius 1 is 1.35 bits per heavy atom. The lowest BCUT2D eigenvalue weighted by atomic mass is 10.3. The Morgan fingerprint density at radius 2 is 2.05 bits per heavy atom. The molecule has 1 heterocycles. The molecule has 2 aromatic rings. The maximum atomic E-state index is 12.2. The smallest absolute Gasteiger partial charge is 0.237 e. The first-order chi connectivity index (χ1) is 9.22. The fourth-order valence-electron chi connectivity index (χ4n) is 1.72. The van der Waals surface area contributed by atoms with Gasteiger partial charge in [-0.3, -0.25) is 4.79 Å². The van der Waals surface area contributed by atoms with Gasteiger partial charge in [-0.1, -0.05) is 30.0 Å². The summed E-state index contributed by atoms with van der Waals surface area (Å²) in [7, 11) is 1.86.